The van der Waals surface area contributed by atoms with Crippen molar-refractivity contribution in [2.45, 2.75) is 63.2 Å². The van der Waals surface area contributed by atoms with E-state index in [1.54, 1.807) is 0 Å². The highest BCUT2D eigenvalue weighted by Crippen LogP contribution is 2.61. The van der Waals surface area contributed by atoms with Crippen molar-refractivity contribution in [1.29, 1.82) is 5.26 Å². The maximum absolute atomic E-state index is 13.2. The van der Waals surface area contributed by atoms with Crippen molar-refractivity contribution in [3.63, 3.8) is 0 Å². The van der Waals surface area contributed by atoms with Gasteiger partial charge in [-0.3, -0.25) is 4.79 Å². The summed E-state index contributed by atoms with van der Waals surface area (Å²) >= 11 is 0. The summed E-state index contributed by atoms with van der Waals surface area (Å²) in [5.41, 5.74) is 3.43. The molecule has 2 heterocycles. The molecular formula is C28H32N4O. The molecule has 0 radical (unpaired) electrons. The Morgan fingerprint density at radius 3 is 2.24 bits per heavy atom. The third-order valence-electron chi connectivity index (χ3n) is 8.60. The van der Waals surface area contributed by atoms with Gasteiger partial charge < -0.3 is 4.90 Å². The van der Waals surface area contributed by atoms with Gasteiger partial charge in [0, 0.05) is 30.3 Å². The largest absolute Gasteiger partial charge is 0.338 e. The molecule has 33 heavy (non-hydrogen) atoms. The molecule has 1 amide bonds. The average Bonchev–Trinajstić information content (AvgIpc) is 3.27. The third kappa shape index (κ3) is 3.70. The summed E-state index contributed by atoms with van der Waals surface area (Å²) in [7, 11) is 0. The lowest BCUT2D eigenvalue weighted by Gasteiger charge is -2.56. The van der Waals surface area contributed by atoms with Crippen LogP contribution in [0.2, 0.25) is 0 Å². The maximum Gasteiger partial charge on any atom is 0.264 e. The van der Waals surface area contributed by atoms with Gasteiger partial charge in [-0.1, -0.05) is 18.2 Å². The standard InChI is InChI=1S/C28H32N4O/c29-18-23(27(33)31-9-5-2-6-10-31)14-24-19-32(25-7-3-1-4-8-25)30-26(24)28-15-20-11-21(16-28)13-22(12-20)17-28/h1,3-4,7-8,14,19-22H,2,5-6,9-13,15-17H2. The fraction of sp³-hybridized carbons (Fsp3) is 0.536. The normalized spacial score (nSPS) is 30.9. The van der Waals surface area contributed by atoms with E-state index >= 15 is 0 Å². The van der Waals surface area contributed by atoms with Gasteiger partial charge in [0.05, 0.1) is 11.4 Å². The number of nitriles is 1. The molecule has 4 aliphatic carbocycles. The van der Waals surface area contributed by atoms with Gasteiger partial charge in [0.15, 0.2) is 0 Å². The second-order valence-electron chi connectivity index (χ2n) is 10.9. The SMILES string of the molecule is N#CC(=Cc1cn(-c2ccccc2)nc1C12CC3CC(CC(C3)C1)C2)C(=O)N1CCCCC1. The lowest BCUT2D eigenvalue weighted by Crippen LogP contribution is -2.49. The van der Waals surface area contributed by atoms with Crippen molar-refractivity contribution in [2.24, 2.45) is 17.8 Å². The van der Waals surface area contributed by atoms with Crippen LogP contribution in [0.25, 0.3) is 11.8 Å². The lowest BCUT2D eigenvalue weighted by atomic mass is 9.48. The van der Waals surface area contributed by atoms with Crippen LogP contribution in [0.5, 0.6) is 0 Å². The van der Waals surface area contributed by atoms with Crippen LogP contribution in [0.4, 0.5) is 0 Å². The number of carbonyl (C=O) groups excluding carboxylic acids is 1. The molecule has 1 aliphatic heterocycles. The highest BCUT2D eigenvalue weighted by molar-refractivity contribution is 6.01. The van der Waals surface area contributed by atoms with E-state index in [9.17, 15) is 10.1 Å². The topological polar surface area (TPSA) is 61.9 Å². The van der Waals surface area contributed by atoms with E-state index in [4.69, 9.17) is 5.10 Å². The Balaban J connectivity index is 1.43. The molecule has 5 aliphatic rings. The predicted octanol–water partition coefficient (Wildman–Crippen LogP) is 5.26. The van der Waals surface area contributed by atoms with E-state index in [0.29, 0.717) is 0 Å². The third-order valence-corrected chi connectivity index (χ3v) is 8.60. The number of carbonyl (C=O) groups is 1. The first-order valence-corrected chi connectivity index (χ1v) is 12.7. The minimum atomic E-state index is -0.124. The summed E-state index contributed by atoms with van der Waals surface area (Å²) in [4.78, 5) is 15.0. The molecule has 4 saturated carbocycles. The minimum absolute atomic E-state index is 0.0926. The van der Waals surface area contributed by atoms with Crippen molar-refractivity contribution in [2.75, 3.05) is 13.1 Å². The van der Waals surface area contributed by atoms with Gasteiger partial charge in [-0.2, -0.15) is 10.4 Å². The van der Waals surface area contributed by atoms with Crippen molar-refractivity contribution in [3.05, 3.63) is 53.4 Å². The first kappa shape index (κ1) is 20.7. The molecule has 1 aromatic heterocycles. The Hall–Kier alpha value is -2.87. The molecule has 0 atom stereocenters. The number of para-hydroxylation sites is 1. The van der Waals surface area contributed by atoms with Gasteiger partial charge in [0.1, 0.15) is 11.6 Å². The van der Waals surface area contributed by atoms with Crippen LogP contribution in [0, 0.1) is 29.1 Å². The van der Waals surface area contributed by atoms with Gasteiger partial charge >= 0.3 is 0 Å². The number of hydrogen-bond acceptors (Lipinski definition) is 3. The van der Waals surface area contributed by atoms with Crippen LogP contribution >= 0.6 is 0 Å². The highest BCUT2D eigenvalue weighted by atomic mass is 16.2. The highest BCUT2D eigenvalue weighted by Gasteiger charge is 2.53. The van der Waals surface area contributed by atoms with E-state index in [0.717, 1.165) is 67.1 Å². The van der Waals surface area contributed by atoms with E-state index < -0.39 is 0 Å². The number of hydrogen-bond donors (Lipinski definition) is 0. The zero-order valence-electron chi connectivity index (χ0n) is 19.2. The number of likely N-dealkylation sites (tertiary alicyclic amines) is 1. The average molecular weight is 441 g/mol. The van der Waals surface area contributed by atoms with Crippen molar-refractivity contribution < 1.29 is 4.79 Å². The van der Waals surface area contributed by atoms with Gasteiger partial charge in [-0.05, 0) is 93.7 Å². The Labute approximate surface area is 196 Å². The van der Waals surface area contributed by atoms with E-state index in [2.05, 4.69) is 18.2 Å². The molecule has 5 fully saturated rings. The van der Waals surface area contributed by atoms with Crippen molar-refractivity contribution in [1.82, 2.24) is 14.7 Å². The molecule has 0 spiro atoms. The summed E-state index contributed by atoms with van der Waals surface area (Å²) in [6.45, 7) is 1.51. The van der Waals surface area contributed by atoms with Crippen LogP contribution in [0.1, 0.15) is 69.0 Å². The predicted molar refractivity (Wildman–Crippen MR) is 127 cm³/mol. The summed E-state index contributed by atoms with van der Waals surface area (Å²) in [5, 5.41) is 15.1. The molecule has 2 aromatic rings. The van der Waals surface area contributed by atoms with Crippen LogP contribution in [-0.2, 0) is 10.2 Å². The fourth-order valence-electron chi connectivity index (χ4n) is 7.58. The first-order chi connectivity index (χ1) is 16.1. The van der Waals surface area contributed by atoms with E-state index in [1.807, 2.05) is 40.1 Å². The summed E-state index contributed by atoms with van der Waals surface area (Å²) in [6.07, 6.45) is 14.8. The smallest absolute Gasteiger partial charge is 0.264 e. The summed E-state index contributed by atoms with van der Waals surface area (Å²) in [6, 6.07) is 12.4. The second kappa shape index (κ2) is 8.17. The Kier molecular flexibility index (Phi) is 5.13. The number of nitrogens with zero attached hydrogens (tertiary/aromatic N) is 4. The zero-order valence-corrected chi connectivity index (χ0v) is 19.2. The molecule has 5 nitrogen and oxygen atoms in total. The molecule has 1 aromatic carbocycles. The Morgan fingerprint density at radius 2 is 1.64 bits per heavy atom. The number of benzene rings is 1. The molecule has 1 saturated heterocycles. The monoisotopic (exact) mass is 440 g/mol. The fourth-order valence-corrected chi connectivity index (χ4v) is 7.58. The number of piperidine rings is 1. The Bertz CT molecular complexity index is 1080. The number of aromatic nitrogens is 2. The molecule has 5 heteroatoms. The zero-order chi connectivity index (χ0) is 22.4. The second-order valence-corrected chi connectivity index (χ2v) is 10.9. The molecule has 4 bridgehead atoms. The van der Waals surface area contributed by atoms with Gasteiger partial charge in [-0.15, -0.1) is 0 Å². The maximum atomic E-state index is 13.2. The van der Waals surface area contributed by atoms with E-state index in [-0.39, 0.29) is 16.9 Å². The summed E-state index contributed by atoms with van der Waals surface area (Å²) in [5.74, 6) is 2.29. The molecule has 7 rings (SSSR count). The molecule has 0 unspecified atom stereocenters. The van der Waals surface area contributed by atoms with Crippen LogP contribution in [-0.4, -0.2) is 33.7 Å². The van der Waals surface area contributed by atoms with Crippen LogP contribution in [0.3, 0.4) is 0 Å². The minimum Gasteiger partial charge on any atom is -0.338 e. The number of rotatable bonds is 4. The lowest BCUT2D eigenvalue weighted by molar-refractivity contribution is -0.127. The number of amides is 1. The summed E-state index contributed by atoms with van der Waals surface area (Å²) < 4.78 is 1.96. The first-order valence-electron chi connectivity index (χ1n) is 12.7. The van der Waals surface area contributed by atoms with Crippen LogP contribution in [0.15, 0.2) is 42.1 Å². The Morgan fingerprint density at radius 1 is 1.00 bits per heavy atom. The van der Waals surface area contributed by atoms with E-state index in [1.165, 1.54) is 38.5 Å². The molecule has 170 valence electrons. The van der Waals surface area contributed by atoms with Gasteiger partial charge in [-0.25, -0.2) is 4.68 Å². The van der Waals surface area contributed by atoms with Gasteiger partial charge in [0.2, 0.25) is 0 Å². The van der Waals surface area contributed by atoms with Gasteiger partial charge in [0.25, 0.3) is 5.91 Å². The quantitative estimate of drug-likeness (QED) is 0.481. The van der Waals surface area contributed by atoms with Crippen molar-refractivity contribution in [3.8, 4) is 11.8 Å². The van der Waals surface area contributed by atoms with Crippen molar-refractivity contribution >= 4 is 12.0 Å². The molecule has 0 N–H and O–H groups in total. The molecular weight excluding hydrogens is 408 g/mol. The van der Waals surface area contributed by atoms with Crippen LogP contribution < -0.4 is 0 Å².